The van der Waals surface area contributed by atoms with Crippen LogP contribution in [0.5, 0.6) is 0 Å². The summed E-state index contributed by atoms with van der Waals surface area (Å²) in [6.07, 6.45) is 5.86. The van der Waals surface area contributed by atoms with Crippen LogP contribution in [0, 0.1) is 0 Å². The number of nitrogens with zero attached hydrogens (tertiary/aromatic N) is 1. The van der Waals surface area contributed by atoms with Crippen LogP contribution >= 0.6 is 0 Å². The van der Waals surface area contributed by atoms with Gasteiger partial charge in [-0.15, -0.1) is 0 Å². The van der Waals surface area contributed by atoms with Crippen LogP contribution in [0.4, 0.5) is 0 Å². The van der Waals surface area contributed by atoms with Crippen molar-refractivity contribution in [3.05, 3.63) is 0 Å². The van der Waals surface area contributed by atoms with Crippen molar-refractivity contribution in [2.45, 2.75) is 37.3 Å². The van der Waals surface area contributed by atoms with Crippen molar-refractivity contribution in [2.75, 3.05) is 27.2 Å². The minimum Gasteiger partial charge on any atom is -0.378 e. The summed E-state index contributed by atoms with van der Waals surface area (Å²) in [5.74, 6) is 0. The molecule has 0 aromatic carbocycles. The molecule has 2 nitrogen and oxygen atoms in total. The quantitative estimate of drug-likeness (QED) is 0.620. The van der Waals surface area contributed by atoms with Crippen molar-refractivity contribution >= 4 is 10.2 Å². The van der Waals surface area contributed by atoms with Crippen molar-refractivity contribution in [2.24, 2.45) is 0 Å². The Labute approximate surface area is 85.1 Å². The first-order chi connectivity index (χ1) is 6.20. The third kappa shape index (κ3) is 4.25. The number of hydrogen-bond donors (Lipinski definition) is 0. The van der Waals surface area contributed by atoms with Crippen molar-refractivity contribution in [1.29, 1.82) is 0 Å². The normalized spacial score (nSPS) is 29.8. The standard InChI is InChI=1S/C10H23NOSi/c1-11(2)7-3-5-9-10(13)6-4-8-12-9/h9-10H,3-8H2,1-2,13H3. The summed E-state index contributed by atoms with van der Waals surface area (Å²) >= 11 is 0. The summed E-state index contributed by atoms with van der Waals surface area (Å²) in [4.78, 5) is 2.25. The van der Waals surface area contributed by atoms with Gasteiger partial charge in [0.15, 0.2) is 0 Å². The molecule has 0 aromatic rings. The minimum absolute atomic E-state index is 0.598. The van der Waals surface area contributed by atoms with E-state index in [2.05, 4.69) is 19.0 Å². The Morgan fingerprint density at radius 3 is 2.85 bits per heavy atom. The molecule has 0 amide bonds. The van der Waals surface area contributed by atoms with Crippen LogP contribution in [0.2, 0.25) is 5.54 Å². The van der Waals surface area contributed by atoms with E-state index in [4.69, 9.17) is 4.74 Å². The topological polar surface area (TPSA) is 12.5 Å². The highest BCUT2D eigenvalue weighted by Crippen LogP contribution is 2.26. The van der Waals surface area contributed by atoms with E-state index in [1.807, 2.05) is 0 Å². The van der Waals surface area contributed by atoms with Crippen molar-refractivity contribution in [3.8, 4) is 0 Å². The predicted molar refractivity (Wildman–Crippen MR) is 60.5 cm³/mol. The van der Waals surface area contributed by atoms with Crippen LogP contribution in [0.15, 0.2) is 0 Å². The zero-order valence-electron chi connectivity index (χ0n) is 9.25. The van der Waals surface area contributed by atoms with Gasteiger partial charge in [-0.1, -0.05) is 0 Å². The van der Waals surface area contributed by atoms with E-state index < -0.39 is 0 Å². The van der Waals surface area contributed by atoms with Crippen LogP contribution in [0.25, 0.3) is 0 Å². The molecular formula is C10H23NOSi. The molecule has 1 rings (SSSR count). The molecule has 1 aliphatic heterocycles. The molecule has 0 spiro atoms. The maximum Gasteiger partial charge on any atom is 0.0571 e. The molecule has 78 valence electrons. The van der Waals surface area contributed by atoms with Crippen LogP contribution in [0.3, 0.4) is 0 Å². The summed E-state index contributed by atoms with van der Waals surface area (Å²) in [5, 5.41) is 0. The lowest BCUT2D eigenvalue weighted by molar-refractivity contribution is 0.0102. The molecule has 1 saturated heterocycles. The SMILES string of the molecule is CN(C)CCCC1OCCCC1[SiH3]. The average molecular weight is 201 g/mol. The Kier molecular flexibility index (Phi) is 4.99. The Hall–Kier alpha value is 0.137. The summed E-state index contributed by atoms with van der Waals surface area (Å²) < 4.78 is 5.79. The predicted octanol–water partition coefficient (Wildman–Crippen LogP) is 0.661. The van der Waals surface area contributed by atoms with E-state index in [0.717, 1.165) is 12.1 Å². The first kappa shape index (κ1) is 11.2. The largest absolute Gasteiger partial charge is 0.378 e. The van der Waals surface area contributed by atoms with Gasteiger partial charge in [-0.3, -0.25) is 0 Å². The number of rotatable bonds is 4. The van der Waals surface area contributed by atoms with Crippen molar-refractivity contribution in [1.82, 2.24) is 4.90 Å². The molecule has 0 aliphatic carbocycles. The van der Waals surface area contributed by atoms with Gasteiger partial charge < -0.3 is 9.64 Å². The van der Waals surface area contributed by atoms with Gasteiger partial charge >= 0.3 is 0 Å². The average Bonchev–Trinajstić information content (AvgIpc) is 2.08. The highest BCUT2D eigenvalue weighted by Gasteiger charge is 2.21. The van der Waals surface area contributed by atoms with Gasteiger partial charge in [0.2, 0.25) is 0 Å². The lowest BCUT2D eigenvalue weighted by Crippen LogP contribution is -2.26. The van der Waals surface area contributed by atoms with Gasteiger partial charge in [-0.25, -0.2) is 0 Å². The molecule has 13 heavy (non-hydrogen) atoms. The molecule has 0 bridgehead atoms. The highest BCUT2D eigenvalue weighted by atomic mass is 28.1. The summed E-state index contributed by atoms with van der Waals surface area (Å²) in [5.41, 5.74) is 0.913. The van der Waals surface area contributed by atoms with Crippen LogP contribution in [-0.2, 0) is 4.74 Å². The smallest absolute Gasteiger partial charge is 0.0571 e. The van der Waals surface area contributed by atoms with Crippen molar-refractivity contribution < 1.29 is 4.74 Å². The fraction of sp³-hybridized carbons (Fsp3) is 1.00. The molecule has 2 unspecified atom stereocenters. The van der Waals surface area contributed by atoms with E-state index in [-0.39, 0.29) is 0 Å². The monoisotopic (exact) mass is 201 g/mol. The van der Waals surface area contributed by atoms with E-state index >= 15 is 0 Å². The molecule has 2 atom stereocenters. The van der Waals surface area contributed by atoms with Crippen molar-refractivity contribution in [3.63, 3.8) is 0 Å². The molecule has 0 radical (unpaired) electrons. The molecule has 0 aromatic heterocycles. The lowest BCUT2D eigenvalue weighted by Gasteiger charge is -2.29. The Morgan fingerprint density at radius 1 is 1.46 bits per heavy atom. The second-order valence-electron chi connectivity index (χ2n) is 4.47. The first-order valence-corrected chi connectivity index (χ1v) is 6.62. The molecule has 1 fully saturated rings. The van der Waals surface area contributed by atoms with Gasteiger partial charge in [0.1, 0.15) is 0 Å². The highest BCUT2D eigenvalue weighted by molar-refractivity contribution is 6.12. The Balaban J connectivity index is 2.11. The van der Waals surface area contributed by atoms with Gasteiger partial charge in [0, 0.05) is 16.8 Å². The van der Waals surface area contributed by atoms with E-state index in [1.54, 1.807) is 0 Å². The fourth-order valence-electron chi connectivity index (χ4n) is 1.97. The zero-order chi connectivity index (χ0) is 9.68. The van der Waals surface area contributed by atoms with Gasteiger partial charge in [-0.2, -0.15) is 0 Å². The van der Waals surface area contributed by atoms with Crippen LogP contribution < -0.4 is 0 Å². The Morgan fingerprint density at radius 2 is 2.23 bits per heavy atom. The van der Waals surface area contributed by atoms with E-state index in [9.17, 15) is 0 Å². The second kappa shape index (κ2) is 5.78. The molecule has 1 aliphatic rings. The van der Waals surface area contributed by atoms with Crippen LogP contribution in [0.1, 0.15) is 25.7 Å². The molecule has 0 saturated carbocycles. The fourth-order valence-corrected chi connectivity index (χ4v) is 2.90. The van der Waals surface area contributed by atoms with Gasteiger partial charge in [0.05, 0.1) is 6.10 Å². The first-order valence-electron chi connectivity index (χ1n) is 5.46. The molecule has 3 heteroatoms. The number of hydrogen-bond acceptors (Lipinski definition) is 2. The maximum absolute atomic E-state index is 5.79. The molecular weight excluding hydrogens is 178 g/mol. The third-order valence-electron chi connectivity index (χ3n) is 2.86. The van der Waals surface area contributed by atoms with Gasteiger partial charge in [-0.05, 0) is 51.9 Å². The maximum atomic E-state index is 5.79. The van der Waals surface area contributed by atoms with E-state index in [0.29, 0.717) is 6.10 Å². The molecule has 1 heterocycles. The summed E-state index contributed by atoms with van der Waals surface area (Å²) in [7, 11) is 5.59. The number of ether oxygens (including phenoxy) is 1. The lowest BCUT2D eigenvalue weighted by atomic mass is 10.0. The molecule has 0 N–H and O–H groups in total. The second-order valence-corrected chi connectivity index (χ2v) is 5.96. The Bertz CT molecular complexity index is 141. The third-order valence-corrected chi connectivity index (χ3v) is 4.19. The van der Waals surface area contributed by atoms with Gasteiger partial charge in [0.25, 0.3) is 0 Å². The van der Waals surface area contributed by atoms with E-state index in [1.165, 1.54) is 42.5 Å². The van der Waals surface area contributed by atoms with Crippen LogP contribution in [-0.4, -0.2) is 48.5 Å². The zero-order valence-corrected chi connectivity index (χ0v) is 11.3. The summed E-state index contributed by atoms with van der Waals surface area (Å²) in [6.45, 7) is 2.21. The summed E-state index contributed by atoms with van der Waals surface area (Å²) in [6, 6.07) is 0. The minimum atomic E-state index is 0.598.